The van der Waals surface area contributed by atoms with Crippen molar-refractivity contribution in [1.82, 2.24) is 0 Å². The van der Waals surface area contributed by atoms with E-state index >= 15 is 0 Å². The maximum Gasteiger partial charge on any atom is 0.153 e. The van der Waals surface area contributed by atoms with Crippen molar-refractivity contribution in [1.29, 1.82) is 0 Å². The highest BCUT2D eigenvalue weighted by Crippen LogP contribution is 2.18. The standard InChI is InChI=1S/C12H14O3/c1-2-3-6-15-12-5-4-10(8-13)7-11(12)9-14/h4-5,7-9H,2-3,6H2,1H3. The third-order valence-electron chi connectivity index (χ3n) is 2.05. The summed E-state index contributed by atoms with van der Waals surface area (Å²) in [6.07, 6.45) is 3.41. The summed E-state index contributed by atoms with van der Waals surface area (Å²) in [7, 11) is 0. The largest absolute Gasteiger partial charge is 0.493 e. The first kappa shape index (κ1) is 11.4. The van der Waals surface area contributed by atoms with Gasteiger partial charge in [-0.2, -0.15) is 0 Å². The van der Waals surface area contributed by atoms with Crippen LogP contribution < -0.4 is 4.74 Å². The third kappa shape index (κ3) is 3.20. The van der Waals surface area contributed by atoms with Gasteiger partial charge < -0.3 is 4.74 Å². The first-order valence-corrected chi connectivity index (χ1v) is 4.99. The van der Waals surface area contributed by atoms with Gasteiger partial charge >= 0.3 is 0 Å². The second-order valence-electron chi connectivity index (χ2n) is 3.23. The number of hydrogen-bond donors (Lipinski definition) is 0. The molecule has 15 heavy (non-hydrogen) atoms. The van der Waals surface area contributed by atoms with Crippen LogP contribution in [0.3, 0.4) is 0 Å². The molecule has 1 rings (SSSR count). The number of hydrogen-bond acceptors (Lipinski definition) is 3. The molecule has 0 bridgehead atoms. The lowest BCUT2D eigenvalue weighted by Gasteiger charge is -2.07. The average molecular weight is 206 g/mol. The molecule has 3 heteroatoms. The Hall–Kier alpha value is -1.64. The first-order chi connectivity index (χ1) is 7.31. The molecule has 0 aliphatic heterocycles. The predicted octanol–water partition coefficient (Wildman–Crippen LogP) is 2.49. The zero-order valence-corrected chi connectivity index (χ0v) is 8.73. The van der Waals surface area contributed by atoms with Crippen LogP contribution in [-0.2, 0) is 0 Å². The highest BCUT2D eigenvalue weighted by molar-refractivity contribution is 5.84. The molecule has 0 N–H and O–H groups in total. The Kier molecular flexibility index (Phi) is 4.54. The molecule has 80 valence electrons. The summed E-state index contributed by atoms with van der Waals surface area (Å²) in [5, 5.41) is 0. The fraction of sp³-hybridized carbons (Fsp3) is 0.333. The molecule has 0 aromatic heterocycles. The molecule has 0 amide bonds. The van der Waals surface area contributed by atoms with Crippen LogP contribution in [0.15, 0.2) is 18.2 Å². The second kappa shape index (κ2) is 5.96. The van der Waals surface area contributed by atoms with Crippen molar-refractivity contribution in [2.75, 3.05) is 6.61 Å². The highest BCUT2D eigenvalue weighted by atomic mass is 16.5. The molecule has 0 unspecified atom stereocenters. The van der Waals surface area contributed by atoms with Gasteiger partial charge in [0.2, 0.25) is 0 Å². The van der Waals surface area contributed by atoms with Crippen molar-refractivity contribution in [3.63, 3.8) is 0 Å². The number of carbonyl (C=O) groups is 2. The molecule has 0 aliphatic rings. The van der Waals surface area contributed by atoms with Crippen molar-refractivity contribution >= 4 is 12.6 Å². The van der Waals surface area contributed by atoms with E-state index in [2.05, 4.69) is 6.92 Å². The predicted molar refractivity (Wildman–Crippen MR) is 57.6 cm³/mol. The van der Waals surface area contributed by atoms with Gasteiger partial charge in [0.15, 0.2) is 6.29 Å². The summed E-state index contributed by atoms with van der Waals surface area (Å²) < 4.78 is 5.42. The molecule has 0 saturated carbocycles. The SMILES string of the molecule is CCCCOc1ccc(C=O)cc1C=O. The Bertz CT molecular complexity index is 345. The second-order valence-corrected chi connectivity index (χ2v) is 3.23. The summed E-state index contributed by atoms with van der Waals surface area (Å²) >= 11 is 0. The van der Waals surface area contributed by atoms with Crippen molar-refractivity contribution in [2.45, 2.75) is 19.8 Å². The molecule has 0 saturated heterocycles. The van der Waals surface area contributed by atoms with E-state index in [0.717, 1.165) is 12.8 Å². The van der Waals surface area contributed by atoms with Gasteiger partial charge in [0.25, 0.3) is 0 Å². The normalized spacial score (nSPS) is 9.67. The molecule has 0 spiro atoms. The summed E-state index contributed by atoms with van der Waals surface area (Å²) in [4.78, 5) is 21.2. The Morgan fingerprint density at radius 2 is 2.07 bits per heavy atom. The molecular formula is C12H14O3. The molecule has 0 aliphatic carbocycles. The van der Waals surface area contributed by atoms with E-state index in [4.69, 9.17) is 4.74 Å². The van der Waals surface area contributed by atoms with Gasteiger partial charge in [0, 0.05) is 5.56 Å². The number of carbonyl (C=O) groups excluding carboxylic acids is 2. The molecule has 1 aromatic carbocycles. The molecule has 0 radical (unpaired) electrons. The molecule has 1 aromatic rings. The van der Waals surface area contributed by atoms with Crippen LogP contribution in [0.2, 0.25) is 0 Å². The molecule has 0 atom stereocenters. The Balaban J connectivity index is 2.78. The van der Waals surface area contributed by atoms with Gasteiger partial charge in [-0.1, -0.05) is 13.3 Å². The lowest BCUT2D eigenvalue weighted by Crippen LogP contribution is -2.00. The number of rotatable bonds is 6. The van der Waals surface area contributed by atoms with Gasteiger partial charge in [-0.15, -0.1) is 0 Å². The van der Waals surface area contributed by atoms with Gasteiger partial charge in [-0.3, -0.25) is 9.59 Å². The van der Waals surface area contributed by atoms with E-state index in [9.17, 15) is 9.59 Å². The monoisotopic (exact) mass is 206 g/mol. The summed E-state index contributed by atoms with van der Waals surface area (Å²) in [6.45, 7) is 2.66. The Morgan fingerprint density at radius 1 is 1.27 bits per heavy atom. The molecular weight excluding hydrogens is 192 g/mol. The van der Waals surface area contributed by atoms with Crippen LogP contribution in [-0.4, -0.2) is 19.2 Å². The van der Waals surface area contributed by atoms with Crippen LogP contribution in [0.25, 0.3) is 0 Å². The van der Waals surface area contributed by atoms with Gasteiger partial charge in [-0.05, 0) is 24.6 Å². The summed E-state index contributed by atoms with van der Waals surface area (Å²) in [5.41, 5.74) is 0.913. The minimum atomic E-state index is 0.427. The van der Waals surface area contributed by atoms with Crippen LogP contribution in [0.1, 0.15) is 40.5 Å². The maximum absolute atomic E-state index is 10.7. The molecule has 0 heterocycles. The quantitative estimate of drug-likeness (QED) is 0.530. The van der Waals surface area contributed by atoms with E-state index in [0.29, 0.717) is 36.1 Å². The van der Waals surface area contributed by atoms with Crippen LogP contribution >= 0.6 is 0 Å². The summed E-state index contributed by atoms with van der Waals surface area (Å²) in [5.74, 6) is 0.545. The van der Waals surface area contributed by atoms with Gasteiger partial charge in [0.05, 0.1) is 12.2 Å². The Labute approximate surface area is 89.1 Å². The lowest BCUT2D eigenvalue weighted by atomic mass is 10.1. The maximum atomic E-state index is 10.7. The van der Waals surface area contributed by atoms with E-state index in [1.54, 1.807) is 12.1 Å². The van der Waals surface area contributed by atoms with E-state index in [1.165, 1.54) is 6.07 Å². The summed E-state index contributed by atoms with van der Waals surface area (Å²) in [6, 6.07) is 4.83. The third-order valence-corrected chi connectivity index (χ3v) is 2.05. The van der Waals surface area contributed by atoms with Crippen molar-refractivity contribution in [3.8, 4) is 5.75 Å². The van der Waals surface area contributed by atoms with E-state index < -0.39 is 0 Å². The smallest absolute Gasteiger partial charge is 0.153 e. The van der Waals surface area contributed by atoms with Crippen molar-refractivity contribution in [2.24, 2.45) is 0 Å². The highest BCUT2D eigenvalue weighted by Gasteiger charge is 2.03. The topological polar surface area (TPSA) is 43.4 Å². The molecule has 3 nitrogen and oxygen atoms in total. The van der Waals surface area contributed by atoms with E-state index in [1.807, 2.05) is 0 Å². The number of benzene rings is 1. The number of unbranched alkanes of at least 4 members (excludes halogenated alkanes) is 1. The van der Waals surface area contributed by atoms with Crippen molar-refractivity contribution in [3.05, 3.63) is 29.3 Å². The molecule has 0 fully saturated rings. The van der Waals surface area contributed by atoms with Crippen LogP contribution in [0, 0.1) is 0 Å². The minimum Gasteiger partial charge on any atom is -0.493 e. The zero-order valence-electron chi connectivity index (χ0n) is 8.73. The van der Waals surface area contributed by atoms with Gasteiger partial charge in [-0.25, -0.2) is 0 Å². The van der Waals surface area contributed by atoms with Crippen molar-refractivity contribution < 1.29 is 14.3 Å². The number of ether oxygens (including phenoxy) is 1. The Morgan fingerprint density at radius 3 is 2.67 bits per heavy atom. The van der Waals surface area contributed by atoms with Crippen LogP contribution in [0.5, 0.6) is 5.75 Å². The minimum absolute atomic E-state index is 0.427. The zero-order chi connectivity index (χ0) is 11.1. The average Bonchev–Trinajstić information content (AvgIpc) is 2.29. The fourth-order valence-electron chi connectivity index (χ4n) is 1.19. The lowest BCUT2D eigenvalue weighted by molar-refractivity contribution is 0.111. The fourth-order valence-corrected chi connectivity index (χ4v) is 1.19. The van der Waals surface area contributed by atoms with E-state index in [-0.39, 0.29) is 0 Å². The number of aldehydes is 2. The van der Waals surface area contributed by atoms with Gasteiger partial charge in [0.1, 0.15) is 12.0 Å². The first-order valence-electron chi connectivity index (χ1n) is 4.99. The van der Waals surface area contributed by atoms with Crippen LogP contribution in [0.4, 0.5) is 0 Å².